The molecule has 0 aliphatic rings. The molecule has 0 atom stereocenters. The number of nitrogens with one attached hydrogen (secondary N) is 1. The fourth-order valence-electron chi connectivity index (χ4n) is 1.46. The van der Waals surface area contributed by atoms with Crippen LogP contribution < -0.4 is 10.1 Å². The Morgan fingerprint density at radius 1 is 1.42 bits per heavy atom. The molecule has 1 N–H and O–H groups in total. The van der Waals surface area contributed by atoms with Crippen LogP contribution in [0.3, 0.4) is 0 Å². The number of nitrogens with zero attached hydrogens (tertiary/aromatic N) is 2. The van der Waals surface area contributed by atoms with Crippen LogP contribution in [0.2, 0.25) is 0 Å². The Hall–Kier alpha value is -2.44. The van der Waals surface area contributed by atoms with E-state index in [1.54, 1.807) is 24.3 Å². The first kappa shape index (κ1) is 13.0. The molecule has 1 heterocycles. The van der Waals surface area contributed by atoms with Crippen LogP contribution in [-0.2, 0) is 0 Å². The van der Waals surface area contributed by atoms with Gasteiger partial charge >= 0.3 is 6.55 Å². The van der Waals surface area contributed by atoms with Gasteiger partial charge in [-0.25, -0.2) is 4.68 Å². The topological polar surface area (TPSA) is 56.1 Å². The molecule has 0 saturated heterocycles. The van der Waals surface area contributed by atoms with Gasteiger partial charge in [0.05, 0.1) is 7.11 Å². The average Bonchev–Trinajstić information content (AvgIpc) is 2.89. The van der Waals surface area contributed by atoms with Crippen molar-refractivity contribution in [3.63, 3.8) is 0 Å². The Morgan fingerprint density at radius 3 is 2.84 bits per heavy atom. The van der Waals surface area contributed by atoms with Crippen LogP contribution in [0.5, 0.6) is 5.75 Å². The number of ether oxygens (including phenoxy) is 1. The summed E-state index contributed by atoms with van der Waals surface area (Å²) in [4.78, 5) is 11.8. The molecule has 0 saturated carbocycles. The highest BCUT2D eigenvalue weighted by Crippen LogP contribution is 2.17. The SMILES string of the molecule is COc1cccc(NC(=O)c2ccn(C(F)F)n2)c1. The molecule has 0 aliphatic heterocycles. The molecule has 0 aliphatic carbocycles. The molecule has 1 aromatic heterocycles. The minimum absolute atomic E-state index is 0.0804. The lowest BCUT2D eigenvalue weighted by molar-refractivity contribution is 0.0561. The summed E-state index contributed by atoms with van der Waals surface area (Å²) < 4.78 is 30.1. The van der Waals surface area contributed by atoms with Crippen molar-refractivity contribution in [3.05, 3.63) is 42.2 Å². The summed E-state index contributed by atoms with van der Waals surface area (Å²) in [5, 5.41) is 6.02. The van der Waals surface area contributed by atoms with Crippen molar-refractivity contribution in [2.75, 3.05) is 12.4 Å². The molecule has 5 nitrogen and oxygen atoms in total. The first-order valence-corrected chi connectivity index (χ1v) is 5.39. The number of hydrogen-bond acceptors (Lipinski definition) is 3. The van der Waals surface area contributed by atoms with Crippen molar-refractivity contribution in [2.45, 2.75) is 6.55 Å². The minimum Gasteiger partial charge on any atom is -0.497 e. The summed E-state index contributed by atoms with van der Waals surface area (Å²) >= 11 is 0. The summed E-state index contributed by atoms with van der Waals surface area (Å²) in [7, 11) is 1.51. The highest BCUT2D eigenvalue weighted by Gasteiger charge is 2.13. The summed E-state index contributed by atoms with van der Waals surface area (Å²) in [5.74, 6) is 0.0172. The Kier molecular flexibility index (Phi) is 3.74. The number of methoxy groups -OCH3 is 1. The normalized spacial score (nSPS) is 10.5. The van der Waals surface area contributed by atoms with Crippen LogP contribution in [0.1, 0.15) is 17.0 Å². The van der Waals surface area contributed by atoms with Gasteiger partial charge in [-0.2, -0.15) is 13.9 Å². The Morgan fingerprint density at radius 2 is 2.21 bits per heavy atom. The lowest BCUT2D eigenvalue weighted by Gasteiger charge is -2.05. The van der Waals surface area contributed by atoms with Crippen molar-refractivity contribution >= 4 is 11.6 Å². The molecule has 2 aromatic rings. The van der Waals surface area contributed by atoms with E-state index in [0.29, 0.717) is 16.1 Å². The number of amides is 1. The van der Waals surface area contributed by atoms with E-state index in [1.165, 1.54) is 13.2 Å². The van der Waals surface area contributed by atoms with Gasteiger partial charge in [-0.15, -0.1) is 0 Å². The fourth-order valence-corrected chi connectivity index (χ4v) is 1.46. The van der Waals surface area contributed by atoms with Gasteiger partial charge in [0, 0.05) is 18.0 Å². The van der Waals surface area contributed by atoms with Crippen molar-refractivity contribution in [1.29, 1.82) is 0 Å². The number of hydrogen-bond donors (Lipinski definition) is 1. The smallest absolute Gasteiger partial charge is 0.333 e. The number of carbonyl (C=O) groups is 1. The molecule has 1 amide bonds. The van der Waals surface area contributed by atoms with Gasteiger partial charge in [-0.1, -0.05) is 6.07 Å². The van der Waals surface area contributed by atoms with Crippen molar-refractivity contribution in [2.24, 2.45) is 0 Å². The van der Waals surface area contributed by atoms with E-state index in [9.17, 15) is 13.6 Å². The van der Waals surface area contributed by atoms with Crippen LogP contribution >= 0.6 is 0 Å². The minimum atomic E-state index is -2.77. The van der Waals surface area contributed by atoms with Crippen molar-refractivity contribution in [3.8, 4) is 5.75 Å². The number of rotatable bonds is 4. The van der Waals surface area contributed by atoms with Crippen LogP contribution in [-0.4, -0.2) is 22.8 Å². The van der Waals surface area contributed by atoms with Crippen LogP contribution in [0, 0.1) is 0 Å². The maximum atomic E-state index is 12.3. The monoisotopic (exact) mass is 267 g/mol. The number of aromatic nitrogens is 2. The number of anilines is 1. The molecule has 7 heteroatoms. The molecule has 0 unspecified atom stereocenters. The second kappa shape index (κ2) is 5.47. The lowest BCUT2D eigenvalue weighted by atomic mass is 10.3. The van der Waals surface area contributed by atoms with Gasteiger partial charge in [-0.3, -0.25) is 4.79 Å². The van der Waals surface area contributed by atoms with Gasteiger partial charge in [-0.05, 0) is 18.2 Å². The van der Waals surface area contributed by atoms with Gasteiger partial charge in [0.15, 0.2) is 5.69 Å². The second-order valence-electron chi connectivity index (χ2n) is 3.64. The Balaban J connectivity index is 2.11. The third-order valence-corrected chi connectivity index (χ3v) is 2.37. The predicted molar refractivity (Wildman–Crippen MR) is 64.4 cm³/mol. The van der Waals surface area contributed by atoms with E-state index in [0.717, 1.165) is 6.20 Å². The zero-order valence-corrected chi connectivity index (χ0v) is 10.0. The van der Waals surface area contributed by atoms with Crippen LogP contribution in [0.4, 0.5) is 14.5 Å². The van der Waals surface area contributed by atoms with E-state index < -0.39 is 12.5 Å². The number of carbonyl (C=O) groups excluding carboxylic acids is 1. The highest BCUT2D eigenvalue weighted by atomic mass is 19.3. The zero-order valence-electron chi connectivity index (χ0n) is 10.0. The standard InChI is InChI=1S/C12H11F2N3O2/c1-19-9-4-2-3-8(7-9)15-11(18)10-5-6-17(16-10)12(13)14/h2-7,12H,1H3,(H,15,18). The molecular formula is C12H11F2N3O2. The zero-order chi connectivity index (χ0) is 13.8. The Bertz CT molecular complexity index is 584. The molecule has 19 heavy (non-hydrogen) atoms. The molecule has 2 rings (SSSR count). The van der Waals surface area contributed by atoms with Gasteiger partial charge in [0.2, 0.25) is 0 Å². The largest absolute Gasteiger partial charge is 0.497 e. The molecule has 0 fully saturated rings. The van der Waals surface area contributed by atoms with E-state index in [4.69, 9.17) is 4.74 Å². The third-order valence-electron chi connectivity index (χ3n) is 2.37. The summed E-state index contributed by atoms with van der Waals surface area (Å²) in [6, 6.07) is 7.92. The maximum Gasteiger partial charge on any atom is 0.333 e. The van der Waals surface area contributed by atoms with Crippen molar-refractivity contribution < 1.29 is 18.3 Å². The Labute approximate surface area is 107 Å². The van der Waals surface area contributed by atoms with Crippen LogP contribution in [0.25, 0.3) is 0 Å². The fraction of sp³-hybridized carbons (Fsp3) is 0.167. The highest BCUT2D eigenvalue weighted by molar-refractivity contribution is 6.02. The second-order valence-corrected chi connectivity index (χ2v) is 3.64. The first-order valence-electron chi connectivity index (χ1n) is 5.39. The van der Waals surface area contributed by atoms with Crippen molar-refractivity contribution in [1.82, 2.24) is 9.78 Å². The van der Waals surface area contributed by atoms with E-state index in [1.807, 2.05) is 0 Å². The lowest BCUT2D eigenvalue weighted by Crippen LogP contribution is -2.13. The molecule has 0 bridgehead atoms. The van der Waals surface area contributed by atoms with E-state index >= 15 is 0 Å². The third kappa shape index (κ3) is 3.06. The quantitative estimate of drug-likeness (QED) is 0.926. The maximum absolute atomic E-state index is 12.3. The summed E-state index contributed by atoms with van der Waals surface area (Å²) in [6.45, 7) is -2.77. The average molecular weight is 267 g/mol. The van der Waals surface area contributed by atoms with E-state index in [2.05, 4.69) is 10.4 Å². The molecule has 100 valence electrons. The number of benzene rings is 1. The number of halogens is 2. The van der Waals surface area contributed by atoms with Gasteiger partial charge in [0.25, 0.3) is 5.91 Å². The first-order chi connectivity index (χ1) is 9.10. The van der Waals surface area contributed by atoms with Gasteiger partial charge in [0.1, 0.15) is 5.75 Å². The molecule has 0 spiro atoms. The summed E-state index contributed by atoms with van der Waals surface area (Å²) in [6.07, 6.45) is 1.05. The predicted octanol–water partition coefficient (Wildman–Crippen LogP) is 2.54. The van der Waals surface area contributed by atoms with E-state index in [-0.39, 0.29) is 5.69 Å². The molecular weight excluding hydrogens is 256 g/mol. The van der Waals surface area contributed by atoms with Gasteiger partial charge < -0.3 is 10.1 Å². The van der Waals surface area contributed by atoms with Crippen LogP contribution in [0.15, 0.2) is 36.5 Å². The molecule has 0 radical (unpaired) electrons. The molecule has 1 aromatic carbocycles. The number of alkyl halides is 2. The summed E-state index contributed by atoms with van der Waals surface area (Å²) in [5.41, 5.74) is 0.416.